The van der Waals surface area contributed by atoms with Gasteiger partial charge in [-0.2, -0.15) is 0 Å². The Morgan fingerprint density at radius 3 is 2.07 bits per heavy atom. The Labute approximate surface area is 170 Å². The maximum Gasteiger partial charge on any atom is 0.282 e. The van der Waals surface area contributed by atoms with Gasteiger partial charge in [0, 0.05) is 5.69 Å². The van der Waals surface area contributed by atoms with Crippen LogP contribution < -0.4 is 10.2 Å². The Balaban J connectivity index is 1.81. The van der Waals surface area contributed by atoms with Gasteiger partial charge < -0.3 is 5.32 Å². The minimum atomic E-state index is -0.349. The monoisotopic (exact) mass is 382 g/mol. The highest BCUT2D eigenvalue weighted by Gasteiger charge is 2.40. The van der Waals surface area contributed by atoms with Crippen molar-refractivity contribution in [1.82, 2.24) is 0 Å². The number of aryl methyl sites for hydroxylation is 3. The highest BCUT2D eigenvalue weighted by atomic mass is 16.2. The third-order valence-electron chi connectivity index (χ3n) is 5.22. The number of imide groups is 1. The number of anilines is 2. The number of carbonyl (C=O) groups excluding carboxylic acids is 2. The number of hydrogen-bond acceptors (Lipinski definition) is 3. The Morgan fingerprint density at radius 1 is 0.724 bits per heavy atom. The van der Waals surface area contributed by atoms with Crippen LogP contribution in [-0.4, -0.2) is 11.8 Å². The fourth-order valence-corrected chi connectivity index (χ4v) is 3.40. The number of hydrogen-bond donors (Lipinski definition) is 1. The molecule has 0 atom stereocenters. The molecule has 0 fully saturated rings. The fraction of sp³-hybridized carbons (Fsp3) is 0.120. The van der Waals surface area contributed by atoms with Crippen LogP contribution in [0.3, 0.4) is 0 Å². The first-order chi connectivity index (χ1) is 14.0. The van der Waals surface area contributed by atoms with E-state index in [1.165, 1.54) is 4.90 Å². The lowest BCUT2D eigenvalue weighted by Gasteiger charge is -2.17. The van der Waals surface area contributed by atoms with E-state index in [0.29, 0.717) is 22.5 Å². The molecule has 4 rings (SSSR count). The van der Waals surface area contributed by atoms with E-state index in [0.717, 1.165) is 22.4 Å². The molecule has 1 N–H and O–H groups in total. The van der Waals surface area contributed by atoms with Crippen LogP contribution in [0.4, 0.5) is 11.4 Å². The quantitative estimate of drug-likeness (QED) is 0.646. The van der Waals surface area contributed by atoms with Crippen LogP contribution in [-0.2, 0) is 9.59 Å². The molecule has 3 aromatic carbocycles. The summed E-state index contributed by atoms with van der Waals surface area (Å²) in [5.41, 5.74) is 6.01. The van der Waals surface area contributed by atoms with Gasteiger partial charge in [0.05, 0.1) is 11.3 Å². The first-order valence-electron chi connectivity index (χ1n) is 9.55. The van der Waals surface area contributed by atoms with Crippen LogP contribution in [0.15, 0.2) is 78.5 Å². The maximum absolute atomic E-state index is 13.4. The fourth-order valence-electron chi connectivity index (χ4n) is 3.40. The number of rotatable bonds is 4. The van der Waals surface area contributed by atoms with Crippen molar-refractivity contribution in [2.24, 2.45) is 0 Å². The van der Waals surface area contributed by atoms with Crippen molar-refractivity contribution in [3.63, 3.8) is 0 Å². The average molecular weight is 382 g/mol. The lowest BCUT2D eigenvalue weighted by atomic mass is 10.0. The number of amides is 2. The first-order valence-corrected chi connectivity index (χ1v) is 9.55. The molecule has 1 heterocycles. The summed E-state index contributed by atoms with van der Waals surface area (Å²) >= 11 is 0. The average Bonchev–Trinajstić information content (AvgIpc) is 2.96. The molecule has 0 aromatic heterocycles. The van der Waals surface area contributed by atoms with Crippen molar-refractivity contribution >= 4 is 28.8 Å². The molecular weight excluding hydrogens is 360 g/mol. The lowest BCUT2D eigenvalue weighted by molar-refractivity contribution is -0.120. The van der Waals surface area contributed by atoms with Crippen LogP contribution in [0.5, 0.6) is 0 Å². The van der Waals surface area contributed by atoms with Gasteiger partial charge in [-0.05, 0) is 61.7 Å². The van der Waals surface area contributed by atoms with Gasteiger partial charge in [0.1, 0.15) is 5.70 Å². The minimum absolute atomic E-state index is 0.295. The first kappa shape index (κ1) is 18.7. The Hall–Kier alpha value is -3.66. The van der Waals surface area contributed by atoms with Crippen molar-refractivity contribution in [2.75, 3.05) is 10.2 Å². The molecule has 1 aliphatic rings. The largest absolute Gasteiger partial charge is 0.350 e. The third-order valence-corrected chi connectivity index (χ3v) is 5.22. The normalized spacial score (nSPS) is 14.0. The number of carbonyl (C=O) groups is 2. The van der Waals surface area contributed by atoms with E-state index in [2.05, 4.69) is 5.32 Å². The molecular formula is C25H22N2O2. The highest BCUT2D eigenvalue weighted by Crippen LogP contribution is 2.34. The van der Waals surface area contributed by atoms with Gasteiger partial charge in [0.25, 0.3) is 11.8 Å². The van der Waals surface area contributed by atoms with Crippen LogP contribution in [0.2, 0.25) is 0 Å². The zero-order chi connectivity index (χ0) is 20.5. The zero-order valence-corrected chi connectivity index (χ0v) is 16.7. The van der Waals surface area contributed by atoms with Crippen LogP contribution in [0, 0.1) is 20.8 Å². The summed E-state index contributed by atoms with van der Waals surface area (Å²) in [6.07, 6.45) is 0. The summed E-state index contributed by atoms with van der Waals surface area (Å²) < 4.78 is 0. The highest BCUT2D eigenvalue weighted by molar-refractivity contribution is 6.46. The van der Waals surface area contributed by atoms with E-state index >= 15 is 0 Å². The van der Waals surface area contributed by atoms with Crippen LogP contribution >= 0.6 is 0 Å². The topological polar surface area (TPSA) is 49.4 Å². The molecule has 0 radical (unpaired) electrons. The molecule has 0 saturated carbocycles. The van der Waals surface area contributed by atoms with E-state index < -0.39 is 0 Å². The standard InChI is InChI=1S/C25H22N2O2/c1-16-9-12-20(13-10-16)26-23-22(19-7-5-4-6-8-19)24(28)27(25(23)29)21-14-11-17(2)18(3)15-21/h4-15,26H,1-3H3. The molecule has 29 heavy (non-hydrogen) atoms. The van der Waals surface area contributed by atoms with E-state index in [-0.39, 0.29) is 11.8 Å². The maximum atomic E-state index is 13.4. The summed E-state index contributed by atoms with van der Waals surface area (Å²) in [4.78, 5) is 28.0. The summed E-state index contributed by atoms with van der Waals surface area (Å²) in [5.74, 6) is -0.670. The Morgan fingerprint density at radius 2 is 1.41 bits per heavy atom. The van der Waals surface area contributed by atoms with E-state index in [1.54, 1.807) is 0 Å². The van der Waals surface area contributed by atoms with Crippen molar-refractivity contribution in [3.8, 4) is 0 Å². The van der Waals surface area contributed by atoms with Gasteiger partial charge in [-0.25, -0.2) is 4.90 Å². The number of nitrogens with one attached hydrogen (secondary N) is 1. The molecule has 144 valence electrons. The predicted molar refractivity (Wildman–Crippen MR) is 117 cm³/mol. The molecule has 4 heteroatoms. The second kappa shape index (κ2) is 7.40. The van der Waals surface area contributed by atoms with E-state index in [9.17, 15) is 9.59 Å². The number of nitrogens with zero attached hydrogens (tertiary/aromatic N) is 1. The molecule has 3 aromatic rings. The minimum Gasteiger partial charge on any atom is -0.350 e. The van der Waals surface area contributed by atoms with Gasteiger partial charge in [-0.1, -0.05) is 54.1 Å². The summed E-state index contributed by atoms with van der Waals surface area (Å²) in [6.45, 7) is 5.98. The molecule has 0 spiro atoms. The smallest absolute Gasteiger partial charge is 0.282 e. The van der Waals surface area contributed by atoms with Crippen molar-refractivity contribution in [1.29, 1.82) is 0 Å². The lowest BCUT2D eigenvalue weighted by Crippen LogP contribution is -2.32. The van der Waals surface area contributed by atoms with Crippen molar-refractivity contribution < 1.29 is 9.59 Å². The van der Waals surface area contributed by atoms with Crippen molar-refractivity contribution in [3.05, 3.63) is 101 Å². The molecule has 0 bridgehead atoms. The third kappa shape index (κ3) is 3.45. The molecule has 0 aliphatic carbocycles. The predicted octanol–water partition coefficient (Wildman–Crippen LogP) is 5.01. The van der Waals surface area contributed by atoms with Gasteiger partial charge in [-0.15, -0.1) is 0 Å². The Kier molecular flexibility index (Phi) is 4.77. The second-order valence-corrected chi connectivity index (χ2v) is 7.32. The SMILES string of the molecule is Cc1ccc(NC2=C(c3ccccc3)C(=O)N(c3ccc(C)c(C)c3)C2=O)cc1. The van der Waals surface area contributed by atoms with Gasteiger partial charge >= 0.3 is 0 Å². The zero-order valence-electron chi connectivity index (χ0n) is 16.7. The van der Waals surface area contributed by atoms with Gasteiger partial charge in [0.2, 0.25) is 0 Å². The summed E-state index contributed by atoms with van der Waals surface area (Å²) in [5, 5.41) is 3.19. The van der Waals surface area contributed by atoms with E-state index in [1.807, 2.05) is 93.6 Å². The van der Waals surface area contributed by atoms with Gasteiger partial charge in [-0.3, -0.25) is 9.59 Å². The van der Waals surface area contributed by atoms with Gasteiger partial charge in [0.15, 0.2) is 0 Å². The van der Waals surface area contributed by atoms with Crippen molar-refractivity contribution in [2.45, 2.75) is 20.8 Å². The number of benzene rings is 3. The molecule has 2 amide bonds. The molecule has 1 aliphatic heterocycles. The molecule has 0 saturated heterocycles. The molecule has 4 nitrogen and oxygen atoms in total. The summed E-state index contributed by atoms with van der Waals surface area (Å²) in [7, 11) is 0. The second-order valence-electron chi connectivity index (χ2n) is 7.32. The molecule has 0 unspecified atom stereocenters. The van der Waals surface area contributed by atoms with E-state index in [4.69, 9.17) is 0 Å². The van der Waals surface area contributed by atoms with Crippen LogP contribution in [0.25, 0.3) is 5.57 Å². The summed E-state index contributed by atoms with van der Waals surface area (Å²) in [6, 6.07) is 22.7. The Bertz CT molecular complexity index is 1130. The van der Waals surface area contributed by atoms with Crippen LogP contribution in [0.1, 0.15) is 22.3 Å².